The van der Waals surface area contributed by atoms with E-state index in [1.54, 1.807) is 11.1 Å². The minimum absolute atomic E-state index is 0.0187. The lowest BCUT2D eigenvalue weighted by atomic mass is 10.0. The molecule has 1 heterocycles. The average Bonchev–Trinajstić information content (AvgIpc) is 2.67. The molecule has 1 aliphatic rings. The highest BCUT2D eigenvalue weighted by Crippen LogP contribution is 2.27. The number of hydrogen-bond acceptors (Lipinski definition) is 3. The van der Waals surface area contributed by atoms with E-state index in [1.165, 1.54) is 11.1 Å². The summed E-state index contributed by atoms with van der Waals surface area (Å²) in [6, 6.07) is 15.8. The average molecular weight is 349 g/mol. The van der Waals surface area contributed by atoms with Crippen molar-refractivity contribution in [3.8, 4) is 0 Å². The molecule has 2 aromatic rings. The molecule has 0 saturated carbocycles. The maximum Gasteiger partial charge on any atom is 0.240 e. The van der Waals surface area contributed by atoms with Gasteiger partial charge in [0, 0.05) is 25.1 Å². The van der Waals surface area contributed by atoms with Crippen LogP contribution in [0.2, 0.25) is 0 Å². The second kappa shape index (κ2) is 8.43. The third-order valence-electron chi connectivity index (χ3n) is 4.46. The van der Waals surface area contributed by atoms with E-state index in [-0.39, 0.29) is 24.7 Å². The van der Waals surface area contributed by atoms with Gasteiger partial charge in [-0.15, -0.1) is 0 Å². The number of rotatable bonds is 5. The summed E-state index contributed by atoms with van der Waals surface area (Å²) in [5.41, 5.74) is 6.73. The normalized spacial score (nSPS) is 13.5. The van der Waals surface area contributed by atoms with Crippen LogP contribution >= 0.6 is 0 Å². The summed E-state index contributed by atoms with van der Waals surface area (Å²) in [4.78, 5) is 26.2. The molecule has 0 aliphatic carbocycles. The SMILES string of the molecule is Cc1ccc(/C=N/NC(=O)CCC(=O)N2CCCc3ccccc32)cc1. The molecule has 2 aromatic carbocycles. The first-order chi connectivity index (χ1) is 12.6. The van der Waals surface area contributed by atoms with Crippen LogP contribution in [0.25, 0.3) is 0 Å². The Morgan fingerprint density at radius 3 is 2.69 bits per heavy atom. The van der Waals surface area contributed by atoms with Gasteiger partial charge in [-0.25, -0.2) is 5.43 Å². The first-order valence-corrected chi connectivity index (χ1v) is 8.90. The van der Waals surface area contributed by atoms with Gasteiger partial charge in [-0.2, -0.15) is 5.10 Å². The minimum atomic E-state index is -0.257. The van der Waals surface area contributed by atoms with Crippen molar-refractivity contribution >= 4 is 23.7 Å². The highest BCUT2D eigenvalue weighted by Gasteiger charge is 2.22. The lowest BCUT2D eigenvalue weighted by Crippen LogP contribution is -2.36. The van der Waals surface area contributed by atoms with E-state index in [1.807, 2.05) is 49.4 Å². The second-order valence-corrected chi connectivity index (χ2v) is 6.48. The molecule has 0 fully saturated rings. The summed E-state index contributed by atoms with van der Waals surface area (Å²) < 4.78 is 0. The van der Waals surface area contributed by atoms with Crippen LogP contribution in [0.1, 0.15) is 36.0 Å². The van der Waals surface area contributed by atoms with E-state index in [9.17, 15) is 9.59 Å². The fourth-order valence-electron chi connectivity index (χ4n) is 3.04. The number of amides is 2. The summed E-state index contributed by atoms with van der Waals surface area (Å²) in [7, 11) is 0. The van der Waals surface area contributed by atoms with Crippen LogP contribution in [0.5, 0.6) is 0 Å². The smallest absolute Gasteiger partial charge is 0.240 e. The van der Waals surface area contributed by atoms with E-state index in [2.05, 4.69) is 16.6 Å². The summed E-state index contributed by atoms with van der Waals surface area (Å²) >= 11 is 0. The van der Waals surface area contributed by atoms with Gasteiger partial charge in [-0.3, -0.25) is 9.59 Å². The zero-order chi connectivity index (χ0) is 18.4. The van der Waals surface area contributed by atoms with Gasteiger partial charge in [0.1, 0.15) is 0 Å². The van der Waals surface area contributed by atoms with Crippen molar-refractivity contribution < 1.29 is 9.59 Å². The van der Waals surface area contributed by atoms with Crippen molar-refractivity contribution in [2.75, 3.05) is 11.4 Å². The van der Waals surface area contributed by atoms with Crippen molar-refractivity contribution in [3.05, 3.63) is 65.2 Å². The zero-order valence-corrected chi connectivity index (χ0v) is 14.9. The molecule has 0 aromatic heterocycles. The number of anilines is 1. The lowest BCUT2D eigenvalue weighted by Gasteiger charge is -2.29. The largest absolute Gasteiger partial charge is 0.312 e. The summed E-state index contributed by atoms with van der Waals surface area (Å²) in [5, 5.41) is 3.95. The molecule has 0 unspecified atom stereocenters. The van der Waals surface area contributed by atoms with Crippen molar-refractivity contribution in [1.82, 2.24) is 5.43 Å². The molecule has 5 heteroatoms. The summed E-state index contributed by atoms with van der Waals surface area (Å²) in [6.45, 7) is 2.73. The molecule has 1 aliphatic heterocycles. The lowest BCUT2D eigenvalue weighted by molar-refractivity contribution is -0.125. The third kappa shape index (κ3) is 4.57. The Bertz CT molecular complexity index is 812. The molecular weight excluding hydrogens is 326 g/mol. The van der Waals surface area contributed by atoms with Crippen molar-refractivity contribution in [1.29, 1.82) is 0 Å². The predicted octanol–water partition coefficient (Wildman–Crippen LogP) is 3.20. The third-order valence-corrected chi connectivity index (χ3v) is 4.46. The number of hydrazone groups is 1. The quantitative estimate of drug-likeness (QED) is 0.665. The second-order valence-electron chi connectivity index (χ2n) is 6.48. The van der Waals surface area contributed by atoms with E-state index >= 15 is 0 Å². The number of benzene rings is 2. The molecule has 0 saturated heterocycles. The fourth-order valence-corrected chi connectivity index (χ4v) is 3.04. The van der Waals surface area contributed by atoms with Crippen LogP contribution in [0.3, 0.4) is 0 Å². The van der Waals surface area contributed by atoms with Crippen LogP contribution in [0.15, 0.2) is 53.6 Å². The van der Waals surface area contributed by atoms with Crippen LogP contribution in [0.4, 0.5) is 5.69 Å². The van der Waals surface area contributed by atoms with Crippen molar-refractivity contribution in [2.24, 2.45) is 5.10 Å². The number of para-hydroxylation sites is 1. The van der Waals surface area contributed by atoms with E-state index < -0.39 is 0 Å². The van der Waals surface area contributed by atoms with E-state index in [0.29, 0.717) is 6.54 Å². The molecular formula is C21H23N3O2. The highest BCUT2D eigenvalue weighted by molar-refractivity contribution is 5.96. The van der Waals surface area contributed by atoms with Crippen LogP contribution < -0.4 is 10.3 Å². The number of carbonyl (C=O) groups excluding carboxylic acids is 2. The Balaban J connectivity index is 1.49. The minimum Gasteiger partial charge on any atom is -0.312 e. The number of nitrogens with one attached hydrogen (secondary N) is 1. The summed E-state index contributed by atoms with van der Waals surface area (Å²) in [6.07, 6.45) is 3.85. The number of carbonyl (C=O) groups is 2. The molecule has 134 valence electrons. The topological polar surface area (TPSA) is 61.8 Å². The standard InChI is InChI=1S/C21H23N3O2/c1-16-8-10-17(11-9-16)15-22-23-20(25)12-13-21(26)24-14-4-6-18-5-2-3-7-19(18)24/h2-3,5,7-11,15H,4,6,12-14H2,1H3,(H,23,25)/b22-15+. The molecule has 1 N–H and O–H groups in total. The van der Waals surface area contributed by atoms with Gasteiger partial charge in [0.15, 0.2) is 0 Å². The van der Waals surface area contributed by atoms with Gasteiger partial charge in [-0.05, 0) is 37.0 Å². The number of fused-ring (bicyclic) bond motifs is 1. The van der Waals surface area contributed by atoms with Crippen LogP contribution in [0, 0.1) is 6.92 Å². The molecule has 0 spiro atoms. The maximum absolute atomic E-state index is 12.5. The van der Waals surface area contributed by atoms with Gasteiger partial charge in [0.25, 0.3) is 0 Å². The molecule has 26 heavy (non-hydrogen) atoms. The zero-order valence-electron chi connectivity index (χ0n) is 14.9. The van der Waals surface area contributed by atoms with Crippen molar-refractivity contribution in [2.45, 2.75) is 32.6 Å². The molecule has 5 nitrogen and oxygen atoms in total. The Hall–Kier alpha value is -2.95. The number of hydrogen-bond donors (Lipinski definition) is 1. The predicted molar refractivity (Wildman–Crippen MR) is 103 cm³/mol. The summed E-state index contributed by atoms with van der Waals surface area (Å²) in [5.74, 6) is -0.276. The van der Waals surface area contributed by atoms with E-state index in [0.717, 1.165) is 24.1 Å². The first kappa shape index (κ1) is 17.9. The highest BCUT2D eigenvalue weighted by atomic mass is 16.2. The van der Waals surface area contributed by atoms with Crippen molar-refractivity contribution in [3.63, 3.8) is 0 Å². The molecule has 0 radical (unpaired) electrons. The number of aryl methyl sites for hydroxylation is 2. The molecule has 0 atom stereocenters. The maximum atomic E-state index is 12.5. The Kier molecular flexibility index (Phi) is 5.79. The van der Waals surface area contributed by atoms with E-state index in [4.69, 9.17) is 0 Å². The van der Waals surface area contributed by atoms with Gasteiger partial charge < -0.3 is 4.90 Å². The number of nitrogens with zero attached hydrogens (tertiary/aromatic N) is 2. The monoisotopic (exact) mass is 349 g/mol. The van der Waals surface area contributed by atoms with Gasteiger partial charge in [-0.1, -0.05) is 48.0 Å². The molecule has 3 rings (SSSR count). The molecule has 0 bridgehead atoms. The Labute approximate surface area is 153 Å². The first-order valence-electron chi connectivity index (χ1n) is 8.90. The van der Waals surface area contributed by atoms with Gasteiger partial charge >= 0.3 is 0 Å². The van der Waals surface area contributed by atoms with Crippen LogP contribution in [-0.2, 0) is 16.0 Å². The Morgan fingerprint density at radius 1 is 1.12 bits per heavy atom. The van der Waals surface area contributed by atoms with Crippen LogP contribution in [-0.4, -0.2) is 24.6 Å². The fraction of sp³-hybridized carbons (Fsp3) is 0.286. The van der Waals surface area contributed by atoms with Gasteiger partial charge in [0.05, 0.1) is 6.21 Å². The van der Waals surface area contributed by atoms with Gasteiger partial charge in [0.2, 0.25) is 11.8 Å². The Morgan fingerprint density at radius 2 is 1.88 bits per heavy atom. The molecule has 2 amide bonds.